The van der Waals surface area contributed by atoms with Gasteiger partial charge >= 0.3 is 0 Å². The quantitative estimate of drug-likeness (QED) is 0.479. The van der Waals surface area contributed by atoms with Gasteiger partial charge in [0.2, 0.25) is 0 Å². The van der Waals surface area contributed by atoms with Gasteiger partial charge in [0.1, 0.15) is 4.90 Å². The molecule has 0 saturated heterocycles. The van der Waals surface area contributed by atoms with Crippen LogP contribution in [-0.2, 0) is 10.1 Å². The predicted octanol–water partition coefficient (Wildman–Crippen LogP) is 1.16. The van der Waals surface area contributed by atoms with Crippen molar-refractivity contribution in [2.24, 2.45) is 0 Å². The van der Waals surface area contributed by atoms with Crippen LogP contribution in [0.2, 0.25) is 0 Å². The first-order valence-corrected chi connectivity index (χ1v) is 5.26. The fourth-order valence-electron chi connectivity index (χ4n) is 0.654. The van der Waals surface area contributed by atoms with Crippen LogP contribution in [0.1, 0.15) is 0 Å². The zero-order valence-electron chi connectivity index (χ0n) is 6.36. The van der Waals surface area contributed by atoms with Crippen molar-refractivity contribution in [3.05, 3.63) is 27.8 Å². The fourth-order valence-corrected chi connectivity index (χ4v) is 2.44. The van der Waals surface area contributed by atoms with E-state index in [0.717, 1.165) is 0 Å². The molecule has 1 radical (unpaired) electrons. The molecular weight excluding hydrogens is 318 g/mol. The first-order chi connectivity index (χ1) is 5.02. The van der Waals surface area contributed by atoms with Gasteiger partial charge in [0.05, 0.1) is 0 Å². The maximum Gasteiger partial charge on any atom is 0.295 e. The van der Waals surface area contributed by atoms with Crippen LogP contribution in [0.4, 0.5) is 0 Å². The van der Waals surface area contributed by atoms with E-state index < -0.39 is 10.1 Å². The van der Waals surface area contributed by atoms with Crippen molar-refractivity contribution >= 4 is 84.1 Å². The van der Waals surface area contributed by atoms with E-state index in [-0.39, 0.29) is 56.3 Å². The van der Waals surface area contributed by atoms with Gasteiger partial charge in [0.25, 0.3) is 10.1 Å². The molecule has 0 aromatic heterocycles. The van der Waals surface area contributed by atoms with E-state index in [9.17, 15) is 8.42 Å². The third-order valence-corrected chi connectivity index (χ3v) is 3.33. The minimum absolute atomic E-state index is 0. The molecule has 1 rings (SSSR count). The maximum atomic E-state index is 10.6. The van der Waals surface area contributed by atoms with Gasteiger partial charge in [-0.05, 0) is 34.7 Å². The van der Waals surface area contributed by atoms with Crippen LogP contribution < -0.4 is 0 Å². The van der Waals surface area contributed by atoms with Crippen LogP contribution in [0.3, 0.4) is 0 Å². The van der Waals surface area contributed by atoms with Gasteiger partial charge in [-0.2, -0.15) is 8.42 Å². The SMILES string of the molecule is O=S(=O)(O)c1ccccc1I.[K]. The molecule has 1 aromatic rings. The van der Waals surface area contributed by atoms with E-state index in [4.69, 9.17) is 4.55 Å². The smallest absolute Gasteiger partial charge is 0.282 e. The Kier molecular flexibility index (Phi) is 6.07. The Balaban J connectivity index is 0.00000121. The van der Waals surface area contributed by atoms with Crippen molar-refractivity contribution in [2.45, 2.75) is 4.90 Å². The van der Waals surface area contributed by atoms with E-state index in [0.29, 0.717) is 3.57 Å². The summed E-state index contributed by atoms with van der Waals surface area (Å²) < 4.78 is 30.4. The second-order valence-corrected chi connectivity index (χ2v) is 4.46. The monoisotopic (exact) mass is 323 g/mol. The standard InChI is InChI=1S/C6H5IO3S.K/c7-5-3-1-2-4-6(5)11(8,9)10;/h1-4H,(H,8,9,10);. The molecule has 0 aliphatic heterocycles. The molecule has 0 aliphatic carbocycles. The fraction of sp³-hybridized carbons (Fsp3) is 0. The molecule has 0 saturated carbocycles. The number of halogens is 1. The van der Waals surface area contributed by atoms with Crippen molar-refractivity contribution in [2.75, 3.05) is 0 Å². The van der Waals surface area contributed by atoms with Crippen LogP contribution in [0.15, 0.2) is 29.2 Å². The van der Waals surface area contributed by atoms with Gasteiger partial charge < -0.3 is 0 Å². The minimum Gasteiger partial charge on any atom is -0.282 e. The van der Waals surface area contributed by atoms with Gasteiger partial charge in [-0.3, -0.25) is 4.55 Å². The summed E-state index contributed by atoms with van der Waals surface area (Å²) in [6, 6.07) is 6.24. The molecule has 6 heteroatoms. The average molecular weight is 323 g/mol. The van der Waals surface area contributed by atoms with Gasteiger partial charge in [0.15, 0.2) is 0 Å². The van der Waals surface area contributed by atoms with Gasteiger partial charge in [-0.15, -0.1) is 0 Å². The van der Waals surface area contributed by atoms with Crippen LogP contribution in [0, 0.1) is 3.57 Å². The number of benzene rings is 1. The van der Waals surface area contributed by atoms with E-state index in [1.807, 2.05) is 22.6 Å². The molecule has 1 aromatic carbocycles. The second kappa shape index (κ2) is 5.40. The Bertz CT molecular complexity index is 363. The Labute approximate surface area is 127 Å². The number of hydrogen-bond acceptors (Lipinski definition) is 2. The molecule has 0 atom stereocenters. The Morgan fingerprint density at radius 3 is 2.08 bits per heavy atom. The zero-order chi connectivity index (χ0) is 8.48. The summed E-state index contributed by atoms with van der Waals surface area (Å²) in [5.41, 5.74) is 0. The molecule has 0 bridgehead atoms. The average Bonchev–Trinajstić information content (AvgIpc) is 1.86. The van der Waals surface area contributed by atoms with E-state index in [2.05, 4.69) is 0 Å². The summed E-state index contributed by atoms with van der Waals surface area (Å²) in [6.07, 6.45) is 0. The zero-order valence-corrected chi connectivity index (χ0v) is 12.5. The van der Waals surface area contributed by atoms with E-state index in [1.165, 1.54) is 6.07 Å². The molecule has 0 spiro atoms. The predicted molar refractivity (Wildman–Crippen MR) is 54.7 cm³/mol. The topological polar surface area (TPSA) is 54.4 Å². The molecule has 0 heterocycles. The van der Waals surface area contributed by atoms with Crippen LogP contribution in [-0.4, -0.2) is 64.4 Å². The third-order valence-electron chi connectivity index (χ3n) is 1.11. The Hall–Kier alpha value is 1.50. The van der Waals surface area contributed by atoms with Crippen molar-refractivity contribution in [3.8, 4) is 0 Å². The number of hydrogen-bond donors (Lipinski definition) is 1. The summed E-state index contributed by atoms with van der Waals surface area (Å²) >= 11 is 1.85. The van der Waals surface area contributed by atoms with Crippen molar-refractivity contribution < 1.29 is 13.0 Å². The maximum absolute atomic E-state index is 10.6. The van der Waals surface area contributed by atoms with Crippen LogP contribution >= 0.6 is 22.6 Å². The number of rotatable bonds is 1. The summed E-state index contributed by atoms with van der Waals surface area (Å²) in [5.74, 6) is 0. The van der Waals surface area contributed by atoms with E-state index >= 15 is 0 Å². The Morgan fingerprint density at radius 2 is 1.75 bits per heavy atom. The molecule has 1 N–H and O–H groups in total. The van der Waals surface area contributed by atoms with Gasteiger partial charge in [-0.25, -0.2) is 0 Å². The summed E-state index contributed by atoms with van der Waals surface area (Å²) in [7, 11) is -4.04. The normalized spacial score (nSPS) is 10.5. The van der Waals surface area contributed by atoms with Crippen molar-refractivity contribution in [1.82, 2.24) is 0 Å². The largest absolute Gasteiger partial charge is 0.295 e. The minimum atomic E-state index is -4.04. The molecule has 3 nitrogen and oxygen atoms in total. The van der Waals surface area contributed by atoms with Crippen LogP contribution in [0.25, 0.3) is 0 Å². The van der Waals surface area contributed by atoms with Crippen molar-refractivity contribution in [3.63, 3.8) is 0 Å². The first kappa shape index (κ1) is 13.5. The molecular formula is C6H5IKO3S. The van der Waals surface area contributed by atoms with Gasteiger partial charge in [0, 0.05) is 55.0 Å². The molecule has 0 aliphatic rings. The third kappa shape index (κ3) is 3.70. The van der Waals surface area contributed by atoms with E-state index in [1.54, 1.807) is 18.2 Å². The molecule has 12 heavy (non-hydrogen) atoms. The van der Waals surface area contributed by atoms with Crippen molar-refractivity contribution in [1.29, 1.82) is 0 Å². The first-order valence-electron chi connectivity index (χ1n) is 2.74. The molecule has 0 unspecified atom stereocenters. The summed E-state index contributed by atoms with van der Waals surface area (Å²) in [5, 5.41) is 0. The second-order valence-electron chi connectivity index (χ2n) is 1.91. The van der Waals surface area contributed by atoms with Crippen LogP contribution in [0.5, 0.6) is 0 Å². The molecule has 0 amide bonds. The van der Waals surface area contributed by atoms with Gasteiger partial charge in [-0.1, -0.05) is 12.1 Å². The molecule has 0 fully saturated rings. The summed E-state index contributed by atoms with van der Waals surface area (Å²) in [4.78, 5) is -0.0411. The molecule has 61 valence electrons. The summed E-state index contributed by atoms with van der Waals surface area (Å²) in [6.45, 7) is 0. The Morgan fingerprint density at radius 1 is 1.25 bits per heavy atom.